The molecule has 0 spiro atoms. The normalized spacial score (nSPS) is 36.1. The molecule has 3 unspecified atom stereocenters. The smallest absolute Gasteiger partial charge is 0.237 e. The second kappa shape index (κ2) is 4.92. The summed E-state index contributed by atoms with van der Waals surface area (Å²) in [6, 6.07) is -0.0506. The zero-order valence-electron chi connectivity index (χ0n) is 10.8. The highest BCUT2D eigenvalue weighted by Gasteiger charge is 2.34. The van der Waals surface area contributed by atoms with Crippen molar-refractivity contribution in [2.24, 2.45) is 5.92 Å². The minimum absolute atomic E-state index is 0.0364. The zero-order valence-corrected chi connectivity index (χ0v) is 10.8. The lowest BCUT2D eigenvalue weighted by molar-refractivity contribution is -0.139. The Labute approximate surface area is 102 Å². The Balaban J connectivity index is 1.73. The molecule has 2 N–H and O–H groups in total. The molecule has 2 saturated heterocycles. The predicted molar refractivity (Wildman–Crippen MR) is 63.5 cm³/mol. The Bertz CT molecular complexity index is 293. The molecule has 3 atom stereocenters. The fourth-order valence-electron chi connectivity index (χ4n) is 2.37. The van der Waals surface area contributed by atoms with Gasteiger partial charge in [-0.15, -0.1) is 0 Å². The number of carbonyl (C=O) groups excluding carboxylic acids is 1. The molecule has 0 aliphatic carbocycles. The molecule has 2 rings (SSSR count). The SMILES string of the molecule is CC1CCNC1C(=O)NCC1COC(C)(C)O1. The van der Waals surface area contributed by atoms with Crippen molar-refractivity contribution < 1.29 is 14.3 Å². The summed E-state index contributed by atoms with van der Waals surface area (Å²) >= 11 is 0. The molecule has 98 valence electrons. The first kappa shape index (κ1) is 12.8. The lowest BCUT2D eigenvalue weighted by atomic mass is 10.0. The van der Waals surface area contributed by atoms with Crippen LogP contribution in [0, 0.1) is 5.92 Å². The van der Waals surface area contributed by atoms with Crippen molar-refractivity contribution in [3.8, 4) is 0 Å². The predicted octanol–water partition coefficient (Wildman–Crippen LogP) is 0.252. The maximum Gasteiger partial charge on any atom is 0.237 e. The Kier molecular flexibility index (Phi) is 3.70. The third kappa shape index (κ3) is 3.18. The van der Waals surface area contributed by atoms with E-state index in [0.29, 0.717) is 19.1 Å². The second-order valence-electron chi connectivity index (χ2n) is 5.39. The molecule has 0 aromatic carbocycles. The van der Waals surface area contributed by atoms with Gasteiger partial charge in [0.25, 0.3) is 0 Å². The number of ether oxygens (including phenoxy) is 2. The Morgan fingerprint density at radius 1 is 1.53 bits per heavy atom. The van der Waals surface area contributed by atoms with Gasteiger partial charge < -0.3 is 20.1 Å². The summed E-state index contributed by atoms with van der Waals surface area (Å²) < 4.78 is 11.1. The number of hydrogen-bond donors (Lipinski definition) is 2. The van der Waals surface area contributed by atoms with Crippen molar-refractivity contribution >= 4 is 5.91 Å². The third-order valence-electron chi connectivity index (χ3n) is 3.39. The van der Waals surface area contributed by atoms with E-state index >= 15 is 0 Å². The maximum atomic E-state index is 11.9. The Morgan fingerprint density at radius 3 is 2.82 bits per heavy atom. The van der Waals surface area contributed by atoms with Crippen molar-refractivity contribution in [3.05, 3.63) is 0 Å². The van der Waals surface area contributed by atoms with Crippen LogP contribution in [0.1, 0.15) is 27.2 Å². The molecule has 5 nitrogen and oxygen atoms in total. The summed E-state index contributed by atoms with van der Waals surface area (Å²) in [5, 5.41) is 6.14. The second-order valence-corrected chi connectivity index (χ2v) is 5.39. The van der Waals surface area contributed by atoms with Gasteiger partial charge >= 0.3 is 0 Å². The van der Waals surface area contributed by atoms with Crippen molar-refractivity contribution in [2.75, 3.05) is 19.7 Å². The molecule has 0 bridgehead atoms. The highest BCUT2D eigenvalue weighted by molar-refractivity contribution is 5.82. The van der Waals surface area contributed by atoms with E-state index in [1.54, 1.807) is 0 Å². The van der Waals surface area contributed by atoms with Crippen LogP contribution in [0.2, 0.25) is 0 Å². The van der Waals surface area contributed by atoms with Gasteiger partial charge in [0.2, 0.25) is 5.91 Å². The molecule has 2 aliphatic heterocycles. The van der Waals surface area contributed by atoms with Crippen molar-refractivity contribution in [3.63, 3.8) is 0 Å². The molecule has 0 saturated carbocycles. The number of nitrogens with one attached hydrogen (secondary N) is 2. The molecule has 2 aliphatic rings. The largest absolute Gasteiger partial charge is 0.352 e. The molecule has 17 heavy (non-hydrogen) atoms. The third-order valence-corrected chi connectivity index (χ3v) is 3.39. The van der Waals surface area contributed by atoms with Crippen LogP contribution >= 0.6 is 0 Å². The molecule has 5 heteroatoms. The van der Waals surface area contributed by atoms with Crippen LogP contribution in [0.3, 0.4) is 0 Å². The molecule has 0 aromatic rings. The first-order valence-electron chi connectivity index (χ1n) is 6.31. The highest BCUT2D eigenvalue weighted by Crippen LogP contribution is 2.21. The fraction of sp³-hybridized carbons (Fsp3) is 0.917. The summed E-state index contributed by atoms with van der Waals surface area (Å²) in [5.74, 6) is -0.0376. The van der Waals surface area contributed by atoms with Crippen molar-refractivity contribution in [1.82, 2.24) is 10.6 Å². The van der Waals surface area contributed by atoms with Gasteiger partial charge in [0, 0.05) is 6.54 Å². The van der Waals surface area contributed by atoms with Crippen LogP contribution in [0.4, 0.5) is 0 Å². The van der Waals surface area contributed by atoms with E-state index in [4.69, 9.17) is 9.47 Å². The van der Waals surface area contributed by atoms with E-state index < -0.39 is 5.79 Å². The van der Waals surface area contributed by atoms with Gasteiger partial charge in [0.15, 0.2) is 5.79 Å². The first-order chi connectivity index (χ1) is 7.98. The van der Waals surface area contributed by atoms with Crippen LogP contribution < -0.4 is 10.6 Å². The van der Waals surface area contributed by atoms with Crippen LogP contribution in [-0.4, -0.2) is 43.5 Å². The Morgan fingerprint density at radius 2 is 2.29 bits per heavy atom. The summed E-state index contributed by atoms with van der Waals surface area (Å²) in [5.41, 5.74) is 0. The molecule has 0 aromatic heterocycles. The molecule has 1 amide bonds. The van der Waals surface area contributed by atoms with E-state index in [2.05, 4.69) is 17.6 Å². The number of rotatable bonds is 3. The molecule has 0 radical (unpaired) electrons. The summed E-state index contributed by atoms with van der Waals surface area (Å²) in [6.07, 6.45) is 1.03. The van der Waals surface area contributed by atoms with Crippen LogP contribution in [0.25, 0.3) is 0 Å². The van der Waals surface area contributed by atoms with E-state index in [1.165, 1.54) is 0 Å². The monoisotopic (exact) mass is 242 g/mol. The lowest BCUT2D eigenvalue weighted by Gasteiger charge is -2.19. The van der Waals surface area contributed by atoms with Crippen LogP contribution in [0.5, 0.6) is 0 Å². The maximum absolute atomic E-state index is 11.9. The minimum atomic E-state index is -0.520. The zero-order chi connectivity index (χ0) is 12.5. The lowest BCUT2D eigenvalue weighted by Crippen LogP contribution is -2.46. The number of carbonyl (C=O) groups is 1. The van der Waals surface area contributed by atoms with E-state index in [9.17, 15) is 4.79 Å². The van der Waals surface area contributed by atoms with Gasteiger partial charge in [-0.2, -0.15) is 0 Å². The summed E-state index contributed by atoms with van der Waals surface area (Å²) in [6.45, 7) is 7.86. The van der Waals surface area contributed by atoms with Crippen molar-refractivity contribution in [1.29, 1.82) is 0 Å². The number of amides is 1. The van der Waals surface area contributed by atoms with Gasteiger partial charge in [-0.1, -0.05) is 6.92 Å². The van der Waals surface area contributed by atoms with E-state index in [1.807, 2.05) is 13.8 Å². The molecular weight excluding hydrogens is 220 g/mol. The standard InChI is InChI=1S/C12H22N2O3/c1-8-4-5-13-10(8)11(15)14-6-9-7-16-12(2,3)17-9/h8-10,13H,4-7H2,1-3H3,(H,14,15). The minimum Gasteiger partial charge on any atom is -0.352 e. The summed E-state index contributed by atoms with van der Waals surface area (Å²) in [7, 11) is 0. The van der Waals surface area contributed by atoms with Crippen LogP contribution in [0.15, 0.2) is 0 Å². The topological polar surface area (TPSA) is 59.6 Å². The highest BCUT2D eigenvalue weighted by atomic mass is 16.7. The van der Waals surface area contributed by atoms with Gasteiger partial charge in [0.1, 0.15) is 6.10 Å². The fourth-order valence-corrected chi connectivity index (χ4v) is 2.37. The first-order valence-corrected chi connectivity index (χ1v) is 6.31. The van der Waals surface area contributed by atoms with Gasteiger partial charge in [0.05, 0.1) is 12.6 Å². The Hall–Kier alpha value is -0.650. The molecular formula is C12H22N2O3. The van der Waals surface area contributed by atoms with Crippen LogP contribution in [-0.2, 0) is 14.3 Å². The average Bonchev–Trinajstić information content (AvgIpc) is 2.81. The van der Waals surface area contributed by atoms with Gasteiger partial charge in [-0.25, -0.2) is 0 Å². The van der Waals surface area contributed by atoms with E-state index in [-0.39, 0.29) is 18.1 Å². The van der Waals surface area contributed by atoms with Crippen molar-refractivity contribution in [2.45, 2.75) is 45.1 Å². The quantitative estimate of drug-likeness (QED) is 0.745. The molecule has 2 heterocycles. The summed E-state index contributed by atoms with van der Waals surface area (Å²) in [4.78, 5) is 11.9. The number of hydrogen-bond acceptors (Lipinski definition) is 4. The van der Waals surface area contributed by atoms with E-state index in [0.717, 1.165) is 13.0 Å². The van der Waals surface area contributed by atoms with Gasteiger partial charge in [-0.05, 0) is 32.7 Å². The van der Waals surface area contributed by atoms with Gasteiger partial charge in [-0.3, -0.25) is 4.79 Å². The molecule has 2 fully saturated rings. The average molecular weight is 242 g/mol.